The number of halogens is 24. The van der Waals surface area contributed by atoms with Crippen LogP contribution >= 0.6 is 31.2 Å². The van der Waals surface area contributed by atoms with Gasteiger partial charge in [-0.05, 0) is 180 Å². The molecule has 32 heterocycles. The van der Waals surface area contributed by atoms with Crippen LogP contribution in [0.4, 0.5) is 101 Å². The van der Waals surface area contributed by atoms with E-state index in [1.807, 2.05) is 0 Å². The van der Waals surface area contributed by atoms with E-state index in [0.717, 1.165) is 26.2 Å². The molecule has 28 aliphatic heterocycles. The van der Waals surface area contributed by atoms with Crippen molar-refractivity contribution in [2.24, 2.45) is 0 Å². The van der Waals surface area contributed by atoms with Crippen molar-refractivity contribution < 1.29 is 119 Å². The molecule has 0 saturated carbocycles. The molecule has 0 amide bonds. The van der Waals surface area contributed by atoms with Crippen molar-refractivity contribution >= 4 is 95.9 Å². The van der Waals surface area contributed by atoms with E-state index in [9.17, 15) is 101 Å². The predicted molar refractivity (Wildman–Crippen MR) is 513 cm³/mol. The Labute approximate surface area is 788 Å². The van der Waals surface area contributed by atoms with Gasteiger partial charge in [-0.15, -0.1) is 0 Å². The third-order valence-electron chi connectivity index (χ3n) is 19.7. The molecule has 0 unspecified atom stereocenters. The minimum atomic E-state index is -10.7. The molecular weight excluding hydrogens is 1940 g/mol. The van der Waals surface area contributed by atoms with Crippen molar-refractivity contribution in [1.82, 2.24) is 0 Å². The first-order valence-electron chi connectivity index (χ1n) is 41.5. The summed E-state index contributed by atoms with van der Waals surface area (Å²) in [5.74, 6) is 0. The van der Waals surface area contributed by atoms with Crippen LogP contribution in [0.5, 0.6) is 0 Å². The zero-order valence-corrected chi connectivity index (χ0v) is 77.8. The summed E-state index contributed by atoms with van der Waals surface area (Å²) in [5, 5.41) is 45.0. The Bertz CT molecular complexity index is 6430. The molecule has 18 aromatic rings. The van der Waals surface area contributed by atoms with Crippen molar-refractivity contribution in [3.8, 4) is 91.0 Å². The van der Waals surface area contributed by atoms with Gasteiger partial charge in [-0.3, -0.25) is 0 Å². The average Bonchev–Trinajstić information content (AvgIpc) is 0.788. The summed E-state index contributed by atoms with van der Waals surface area (Å²) in [7, 11) is -42.6. The molecule has 728 valence electrons. The quantitative estimate of drug-likeness (QED) is 0.0652. The van der Waals surface area contributed by atoms with Gasteiger partial charge in [0.05, 0.1) is 24.3 Å². The first kappa shape index (κ1) is 109. The van der Waals surface area contributed by atoms with E-state index in [4.69, 9.17) is 21.0 Å². The minimum Gasteiger partial charge on any atom is -0.201 e. The molecule has 0 spiro atoms. The number of nitrogens with zero attached hydrogens (tertiary/aromatic N) is 8. The molecule has 28 aliphatic rings. The third kappa shape index (κ3) is 42.1. The molecular formula is C104H84F24N8P4. The van der Waals surface area contributed by atoms with Crippen molar-refractivity contribution in [3.05, 3.63) is 412 Å². The van der Waals surface area contributed by atoms with Gasteiger partial charge in [-0.25, -0.2) is 18.3 Å². The fraction of sp³-hybridized carbons (Fsp3) is 0.0769. The number of nitriles is 4. The summed E-state index contributed by atoms with van der Waals surface area (Å²) in [6.45, 7) is 9.03. The number of hydrogen-bond acceptors (Lipinski definition) is 4. The van der Waals surface area contributed by atoms with Gasteiger partial charge in [-0.1, -0.05) is 243 Å². The van der Waals surface area contributed by atoms with Gasteiger partial charge in [0.1, 0.15) is 0 Å². The van der Waals surface area contributed by atoms with Crippen LogP contribution < -0.4 is 18.3 Å². The normalized spacial score (nSPS) is 13.3. The van der Waals surface area contributed by atoms with Crippen molar-refractivity contribution in [2.75, 3.05) is 0 Å². The van der Waals surface area contributed by atoms with Gasteiger partial charge in [0.2, 0.25) is 0 Å². The second kappa shape index (κ2) is 41.5. The van der Waals surface area contributed by atoms with Crippen LogP contribution in [0.2, 0.25) is 0 Å². The first-order valence-corrected chi connectivity index (χ1v) is 49.6. The molecule has 4 aromatic heterocycles. The maximum Gasteiger partial charge on any atom is 0.173 e. The van der Waals surface area contributed by atoms with Gasteiger partial charge in [0, 0.05) is 98.5 Å². The van der Waals surface area contributed by atoms with Crippen LogP contribution in [0.1, 0.15) is 49.9 Å². The maximum absolute atomic E-state index is 10.7. The summed E-state index contributed by atoms with van der Waals surface area (Å²) in [6.07, 6.45) is 17.4. The van der Waals surface area contributed by atoms with E-state index in [-0.39, 0.29) is 0 Å². The molecule has 8 nitrogen and oxygen atoms in total. The van der Waals surface area contributed by atoms with E-state index in [1.165, 1.54) is 181 Å². The van der Waals surface area contributed by atoms with Crippen LogP contribution in [0.15, 0.2) is 389 Å². The summed E-state index contributed by atoms with van der Waals surface area (Å²) >= 11 is 0. The van der Waals surface area contributed by atoms with E-state index >= 15 is 0 Å². The molecule has 140 heavy (non-hydrogen) atoms. The molecule has 46 rings (SSSR count). The summed E-state index contributed by atoms with van der Waals surface area (Å²) < 4.78 is 246. The number of fused-ring (bicyclic) bond motifs is 6. The van der Waals surface area contributed by atoms with Crippen molar-refractivity contribution in [2.45, 2.75) is 53.9 Å². The van der Waals surface area contributed by atoms with Crippen LogP contribution in [0.3, 0.4) is 0 Å². The fourth-order valence-corrected chi connectivity index (χ4v) is 14.1. The Morgan fingerprint density at radius 3 is 0.357 bits per heavy atom. The monoisotopic (exact) mass is 2020 g/mol. The zero-order valence-electron chi connectivity index (χ0n) is 74.2. The van der Waals surface area contributed by atoms with Gasteiger partial charge >= 0.3 is 132 Å². The van der Waals surface area contributed by atoms with Gasteiger partial charge < -0.3 is 0 Å². The van der Waals surface area contributed by atoms with Crippen molar-refractivity contribution in [1.29, 1.82) is 21.0 Å². The predicted octanol–water partition coefficient (Wildman–Crippen LogP) is 37.3. The number of rotatable bonds is 0. The zero-order chi connectivity index (χ0) is 103. The van der Waals surface area contributed by atoms with E-state index in [1.54, 1.807) is 24.3 Å². The maximum atomic E-state index is 9.87. The smallest absolute Gasteiger partial charge is 0.173 e. The largest absolute Gasteiger partial charge is 0.201 e. The van der Waals surface area contributed by atoms with E-state index in [2.05, 4.69) is 408 Å². The van der Waals surface area contributed by atoms with E-state index < -0.39 is 31.2 Å². The second-order valence-electron chi connectivity index (χ2n) is 31.2. The molecule has 0 radical (unpaired) electrons. The van der Waals surface area contributed by atoms with E-state index in [0.29, 0.717) is 0 Å². The van der Waals surface area contributed by atoms with Crippen LogP contribution in [0.25, 0.3) is 131 Å². The Morgan fingerprint density at radius 2 is 0.257 bits per heavy atom. The average molecular weight is 2030 g/mol. The molecule has 0 fully saturated rings. The second-order valence-corrected chi connectivity index (χ2v) is 38.9. The topological polar surface area (TPSA) is 111 Å². The van der Waals surface area contributed by atoms with Gasteiger partial charge in [0.15, 0.2) is 75.8 Å². The molecule has 0 N–H and O–H groups in total. The molecule has 0 aliphatic carbocycles. The number of hydrogen-bond donors (Lipinski definition) is 0. The Kier molecular flexibility index (Phi) is 32.3. The first-order chi connectivity index (χ1) is 64.8. The summed E-state index contributed by atoms with van der Waals surface area (Å²) in [5.41, 5.74) is 19.7. The Morgan fingerprint density at radius 1 is 0.164 bits per heavy atom. The Hall–Kier alpha value is -14.8. The van der Waals surface area contributed by atoms with Crippen molar-refractivity contribution in [3.63, 3.8) is 0 Å². The number of benzene rings is 14. The standard InChI is InChI=1S/C60H48N4.2C18H12.4C2H3N.4F6P/c1-2-46-4-3-45(1)41-61-33-25-57(26-34-61)53-17-9-49(10-18-53)51-13-21-55(22-14-51)59-29-37-63(38-30-59)43-47-5-7-48(8-6-47)44-64-39-31-60(32-40-64)56-23-15-52(16-24-56)50-11-19-54(20-12-50)58-27-35-62(42-46)36-28-58;2*1-2-6-14-10-18-12-16-8-4-3-7-15(16)11-17(18)9-13(14)5-1;4*1-2-3;4*1-7(2,3,4,5)6/h1-40H,41-44H2;2*1-12H;4*1H3;;;;/q+4;;;;;;;4*-1. The van der Waals surface area contributed by atoms with Crippen LogP contribution in [-0.4, -0.2) is 0 Å². The van der Waals surface area contributed by atoms with Gasteiger partial charge in [0.25, 0.3) is 0 Å². The molecule has 20 bridgehead atoms. The number of pyridine rings is 4. The van der Waals surface area contributed by atoms with Crippen LogP contribution in [0, 0.1) is 45.3 Å². The fourth-order valence-electron chi connectivity index (χ4n) is 14.1. The van der Waals surface area contributed by atoms with Gasteiger partial charge in [-0.2, -0.15) is 21.0 Å². The van der Waals surface area contributed by atoms with Crippen LogP contribution in [-0.2, 0) is 26.2 Å². The molecule has 36 heteroatoms. The summed E-state index contributed by atoms with van der Waals surface area (Å²) in [4.78, 5) is 0. The molecule has 0 saturated heterocycles. The summed E-state index contributed by atoms with van der Waals surface area (Å²) in [6, 6.07) is 131. The number of aromatic nitrogens is 4. The SMILES string of the molecule is CC#N.CC#N.CC#N.CC#N.F[P-](F)(F)(F)(F)F.F[P-](F)(F)(F)(F)F.F[P-](F)(F)(F)(F)F.F[P-](F)(F)(F)(F)F.c1cc2ccc1C[n+]1ccc(cc1)-c1ccc(cc1)-c1ccc(cc1)-c1cc[n+](cc1)Cc1ccc(cc1)C[n+]1ccc(cc1)-c1ccc(cc1)-c1ccc(cc1)-c1cc[n+](cc1)C2.c1ccc2cc3cc4ccccc4cc3cc2c1.c1ccc2cc3cc4ccccc4cc3cc2c1. The molecule has 14 aromatic carbocycles. The Balaban J connectivity index is 0.000000230. The minimum absolute atomic E-state index is 0.826. The molecule has 0 atom stereocenters. The third-order valence-corrected chi connectivity index (χ3v) is 19.7.